The molecule has 0 aromatic heterocycles. The number of piperidine rings is 1. The Bertz CT molecular complexity index is 284. The van der Waals surface area contributed by atoms with E-state index >= 15 is 0 Å². The Labute approximate surface area is 117 Å². The maximum absolute atomic E-state index is 12.6. The molecule has 0 radical (unpaired) electrons. The molecule has 0 aromatic carbocycles. The summed E-state index contributed by atoms with van der Waals surface area (Å²) in [4.78, 5) is 14.7. The van der Waals surface area contributed by atoms with E-state index in [9.17, 15) is 9.90 Å². The van der Waals surface area contributed by atoms with Crippen LogP contribution >= 0.6 is 0 Å². The lowest BCUT2D eigenvalue weighted by atomic mass is 9.87. The molecule has 1 N–H and O–H groups in total. The molecular weight excluding hydrogens is 238 g/mol. The molecule has 19 heavy (non-hydrogen) atoms. The van der Waals surface area contributed by atoms with Gasteiger partial charge < -0.3 is 10.0 Å². The molecular formula is C16H29NO2. The van der Waals surface area contributed by atoms with E-state index in [0.717, 1.165) is 38.8 Å². The van der Waals surface area contributed by atoms with Crippen LogP contribution in [0, 0.1) is 11.8 Å². The van der Waals surface area contributed by atoms with Gasteiger partial charge >= 0.3 is 0 Å². The summed E-state index contributed by atoms with van der Waals surface area (Å²) in [5.74, 6) is 0.909. The van der Waals surface area contributed by atoms with Gasteiger partial charge in [-0.3, -0.25) is 4.79 Å². The monoisotopic (exact) mass is 267 g/mol. The fourth-order valence-electron chi connectivity index (χ4n) is 3.58. The predicted octanol–water partition coefficient (Wildman–Crippen LogP) is 2.97. The van der Waals surface area contributed by atoms with Gasteiger partial charge in [-0.1, -0.05) is 39.0 Å². The molecule has 2 rings (SSSR count). The molecule has 1 saturated carbocycles. The van der Waals surface area contributed by atoms with Crippen LogP contribution in [-0.2, 0) is 4.79 Å². The zero-order valence-electron chi connectivity index (χ0n) is 12.3. The van der Waals surface area contributed by atoms with Crippen molar-refractivity contribution in [3.63, 3.8) is 0 Å². The van der Waals surface area contributed by atoms with E-state index in [2.05, 4.69) is 6.92 Å². The van der Waals surface area contributed by atoms with Gasteiger partial charge in [-0.05, 0) is 25.7 Å². The molecule has 2 fully saturated rings. The molecule has 1 saturated heterocycles. The summed E-state index contributed by atoms with van der Waals surface area (Å²) >= 11 is 0. The molecule has 0 bridgehead atoms. The summed E-state index contributed by atoms with van der Waals surface area (Å²) in [5.41, 5.74) is 0. The Morgan fingerprint density at radius 1 is 1.11 bits per heavy atom. The average molecular weight is 267 g/mol. The van der Waals surface area contributed by atoms with Crippen LogP contribution in [0.2, 0.25) is 0 Å². The SMILES string of the molecule is CCC1CN(C(=O)C2CCCCCCC2)CCC1O. The fraction of sp³-hybridized carbons (Fsp3) is 0.938. The quantitative estimate of drug-likeness (QED) is 0.835. The highest BCUT2D eigenvalue weighted by Gasteiger charge is 2.32. The van der Waals surface area contributed by atoms with E-state index in [-0.39, 0.29) is 17.9 Å². The van der Waals surface area contributed by atoms with Gasteiger partial charge in [-0.25, -0.2) is 0 Å². The number of carbonyl (C=O) groups excluding carboxylic acids is 1. The summed E-state index contributed by atoms with van der Waals surface area (Å²) in [6.45, 7) is 3.64. The van der Waals surface area contributed by atoms with Gasteiger partial charge in [0.1, 0.15) is 0 Å². The van der Waals surface area contributed by atoms with Crippen LogP contribution in [-0.4, -0.2) is 35.1 Å². The lowest BCUT2D eigenvalue weighted by Gasteiger charge is -2.37. The van der Waals surface area contributed by atoms with Crippen LogP contribution in [0.1, 0.15) is 64.7 Å². The van der Waals surface area contributed by atoms with Crippen LogP contribution in [0.25, 0.3) is 0 Å². The number of hydrogen-bond donors (Lipinski definition) is 1. The van der Waals surface area contributed by atoms with Gasteiger partial charge in [-0.15, -0.1) is 0 Å². The Kier molecular flexibility index (Phi) is 5.68. The zero-order valence-corrected chi connectivity index (χ0v) is 12.3. The highest BCUT2D eigenvalue weighted by atomic mass is 16.3. The summed E-state index contributed by atoms with van der Waals surface area (Å²) in [6.07, 6.45) is 10.0. The van der Waals surface area contributed by atoms with Gasteiger partial charge in [-0.2, -0.15) is 0 Å². The minimum absolute atomic E-state index is 0.202. The van der Waals surface area contributed by atoms with Crippen molar-refractivity contribution in [2.45, 2.75) is 70.8 Å². The predicted molar refractivity (Wildman–Crippen MR) is 76.8 cm³/mol. The van der Waals surface area contributed by atoms with E-state index in [1.54, 1.807) is 0 Å². The van der Waals surface area contributed by atoms with Crippen LogP contribution in [0.4, 0.5) is 0 Å². The average Bonchev–Trinajstić information content (AvgIpc) is 2.38. The summed E-state index contributed by atoms with van der Waals surface area (Å²) in [6, 6.07) is 0. The Balaban J connectivity index is 1.90. The van der Waals surface area contributed by atoms with Crippen LogP contribution < -0.4 is 0 Å². The first kappa shape index (κ1) is 14.8. The van der Waals surface area contributed by atoms with Gasteiger partial charge in [0, 0.05) is 24.9 Å². The van der Waals surface area contributed by atoms with Crippen molar-refractivity contribution < 1.29 is 9.90 Å². The molecule has 2 atom stereocenters. The maximum Gasteiger partial charge on any atom is 0.225 e. The molecule has 110 valence electrons. The van der Waals surface area contributed by atoms with E-state index in [0.29, 0.717) is 5.91 Å². The minimum Gasteiger partial charge on any atom is -0.393 e. The van der Waals surface area contributed by atoms with Crippen molar-refractivity contribution in [2.24, 2.45) is 11.8 Å². The Morgan fingerprint density at radius 3 is 2.37 bits per heavy atom. The zero-order chi connectivity index (χ0) is 13.7. The number of nitrogens with zero attached hydrogens (tertiary/aromatic N) is 1. The van der Waals surface area contributed by atoms with E-state index < -0.39 is 0 Å². The number of rotatable bonds is 2. The topological polar surface area (TPSA) is 40.5 Å². The second kappa shape index (κ2) is 7.28. The third-order valence-corrected chi connectivity index (χ3v) is 4.98. The number of likely N-dealkylation sites (tertiary alicyclic amines) is 1. The van der Waals surface area contributed by atoms with Gasteiger partial charge in [0.05, 0.1) is 6.10 Å². The second-order valence-electron chi connectivity index (χ2n) is 6.35. The summed E-state index contributed by atoms with van der Waals surface area (Å²) < 4.78 is 0. The van der Waals surface area contributed by atoms with Gasteiger partial charge in [0.25, 0.3) is 0 Å². The van der Waals surface area contributed by atoms with E-state index in [4.69, 9.17) is 0 Å². The lowest BCUT2D eigenvalue weighted by molar-refractivity contribution is -0.140. The minimum atomic E-state index is -0.202. The Morgan fingerprint density at radius 2 is 1.74 bits per heavy atom. The molecule has 0 aromatic rings. The third kappa shape index (κ3) is 3.95. The smallest absolute Gasteiger partial charge is 0.225 e. The van der Waals surface area contributed by atoms with Crippen LogP contribution in [0.15, 0.2) is 0 Å². The van der Waals surface area contributed by atoms with Gasteiger partial charge in [0.15, 0.2) is 0 Å². The molecule has 1 aliphatic carbocycles. The molecule has 2 unspecified atom stereocenters. The summed E-state index contributed by atoms with van der Waals surface area (Å²) in [7, 11) is 0. The standard InChI is InChI=1S/C16H29NO2/c1-2-13-12-17(11-10-15(13)18)16(19)14-8-6-4-3-5-7-9-14/h13-15,18H,2-12H2,1H3. The van der Waals surface area contributed by atoms with Crippen molar-refractivity contribution in [1.29, 1.82) is 0 Å². The number of hydrogen-bond acceptors (Lipinski definition) is 2. The first-order chi connectivity index (χ1) is 9.22. The maximum atomic E-state index is 12.6. The third-order valence-electron chi connectivity index (χ3n) is 4.98. The highest BCUT2D eigenvalue weighted by molar-refractivity contribution is 5.79. The molecule has 2 aliphatic rings. The number of amides is 1. The van der Waals surface area contributed by atoms with E-state index in [1.165, 1.54) is 32.1 Å². The molecule has 1 aliphatic heterocycles. The fourth-order valence-corrected chi connectivity index (χ4v) is 3.58. The van der Waals surface area contributed by atoms with Crippen molar-refractivity contribution >= 4 is 5.91 Å². The highest BCUT2D eigenvalue weighted by Crippen LogP contribution is 2.27. The van der Waals surface area contributed by atoms with Crippen LogP contribution in [0.3, 0.4) is 0 Å². The van der Waals surface area contributed by atoms with Gasteiger partial charge in [0.2, 0.25) is 5.91 Å². The number of aliphatic hydroxyl groups excluding tert-OH is 1. The van der Waals surface area contributed by atoms with Crippen molar-refractivity contribution in [2.75, 3.05) is 13.1 Å². The summed E-state index contributed by atoms with van der Waals surface area (Å²) in [5, 5.41) is 9.92. The van der Waals surface area contributed by atoms with E-state index in [1.807, 2.05) is 4.90 Å². The van der Waals surface area contributed by atoms with Crippen molar-refractivity contribution in [3.8, 4) is 0 Å². The number of carbonyl (C=O) groups is 1. The second-order valence-corrected chi connectivity index (χ2v) is 6.35. The molecule has 1 heterocycles. The first-order valence-electron chi connectivity index (χ1n) is 8.19. The van der Waals surface area contributed by atoms with Crippen molar-refractivity contribution in [1.82, 2.24) is 4.90 Å². The molecule has 3 heteroatoms. The normalized spacial score (nSPS) is 30.7. The molecule has 0 spiro atoms. The Hall–Kier alpha value is -0.570. The lowest BCUT2D eigenvalue weighted by Crippen LogP contribution is -2.47. The first-order valence-corrected chi connectivity index (χ1v) is 8.19. The van der Waals surface area contributed by atoms with Crippen molar-refractivity contribution in [3.05, 3.63) is 0 Å². The number of aliphatic hydroxyl groups is 1. The largest absolute Gasteiger partial charge is 0.393 e. The molecule has 3 nitrogen and oxygen atoms in total. The molecule has 1 amide bonds. The van der Waals surface area contributed by atoms with Crippen LogP contribution in [0.5, 0.6) is 0 Å².